The molecule has 1 aromatic rings. The van der Waals surface area contributed by atoms with Gasteiger partial charge in [-0.1, -0.05) is 38.3 Å². The fourth-order valence-electron chi connectivity index (χ4n) is 2.85. The van der Waals surface area contributed by atoms with Crippen molar-refractivity contribution in [3.05, 3.63) is 29.3 Å². The third kappa shape index (κ3) is 7.51. The molecule has 138 valence electrons. The number of hydrogen-bond donors (Lipinski definition) is 2. The highest BCUT2D eigenvalue weighted by molar-refractivity contribution is 7.89. The largest absolute Gasteiger partial charge is 0.333 e. The van der Waals surface area contributed by atoms with Crippen LogP contribution in [0.3, 0.4) is 0 Å². The Morgan fingerprint density at radius 3 is 2.00 bits per heavy atom. The summed E-state index contributed by atoms with van der Waals surface area (Å²) < 4.78 is 28.1. The summed E-state index contributed by atoms with van der Waals surface area (Å²) in [5.74, 6) is 0. The molecule has 0 aromatic heterocycles. The maximum absolute atomic E-state index is 12.6. The molecular weight excluding hydrogens is 344 g/mol. The summed E-state index contributed by atoms with van der Waals surface area (Å²) in [6.07, 6.45) is 4.65. The van der Waals surface area contributed by atoms with Gasteiger partial charge in [-0.25, -0.2) is 8.42 Å². The van der Waals surface area contributed by atoms with E-state index < -0.39 is 15.6 Å². The highest BCUT2D eigenvalue weighted by Crippen LogP contribution is 2.16. The van der Waals surface area contributed by atoms with Crippen LogP contribution in [-0.2, 0) is 10.0 Å². The van der Waals surface area contributed by atoms with Gasteiger partial charge in [0, 0.05) is 5.02 Å². The van der Waals surface area contributed by atoms with Gasteiger partial charge in [-0.2, -0.15) is 4.72 Å². The highest BCUT2D eigenvalue weighted by Gasteiger charge is 2.30. The maximum Gasteiger partial charge on any atom is 0.241 e. The van der Waals surface area contributed by atoms with Crippen LogP contribution in [0.5, 0.6) is 0 Å². The third-order valence-electron chi connectivity index (χ3n) is 3.99. The number of sulfonamides is 1. The van der Waals surface area contributed by atoms with Crippen LogP contribution < -0.4 is 9.62 Å². The fraction of sp³-hybridized carbons (Fsp3) is 0.667. The van der Waals surface area contributed by atoms with Crippen molar-refractivity contribution in [2.45, 2.75) is 63.8 Å². The van der Waals surface area contributed by atoms with Crippen molar-refractivity contribution in [2.24, 2.45) is 0 Å². The first-order valence-electron chi connectivity index (χ1n) is 8.83. The number of quaternary nitrogens is 1. The van der Waals surface area contributed by atoms with Gasteiger partial charge in [-0.3, -0.25) is 0 Å². The molecule has 0 spiro atoms. The lowest BCUT2D eigenvalue weighted by molar-refractivity contribution is -0.904. The molecule has 0 heterocycles. The van der Waals surface area contributed by atoms with E-state index in [2.05, 4.69) is 18.6 Å². The minimum absolute atomic E-state index is 0.253. The van der Waals surface area contributed by atoms with Crippen LogP contribution in [-0.4, -0.2) is 33.6 Å². The van der Waals surface area contributed by atoms with Crippen molar-refractivity contribution in [2.75, 3.05) is 19.6 Å². The zero-order valence-electron chi connectivity index (χ0n) is 15.4. The number of hydrogen-bond acceptors (Lipinski definition) is 2. The Morgan fingerprint density at radius 1 is 1.04 bits per heavy atom. The zero-order valence-corrected chi connectivity index (χ0v) is 16.9. The smallest absolute Gasteiger partial charge is 0.241 e. The zero-order chi connectivity index (χ0) is 18.2. The molecule has 0 aliphatic carbocycles. The Labute approximate surface area is 152 Å². The van der Waals surface area contributed by atoms with Gasteiger partial charge in [0.15, 0.2) is 0 Å². The Balaban J connectivity index is 2.79. The molecule has 0 radical (unpaired) electrons. The molecule has 0 atom stereocenters. The van der Waals surface area contributed by atoms with E-state index in [1.54, 1.807) is 24.3 Å². The summed E-state index contributed by atoms with van der Waals surface area (Å²) in [5.41, 5.74) is -0.505. The Bertz CT molecular complexity index is 578. The van der Waals surface area contributed by atoms with Crippen LogP contribution in [0.15, 0.2) is 29.2 Å². The fourth-order valence-corrected chi connectivity index (χ4v) is 4.39. The second kappa shape index (κ2) is 9.76. The third-order valence-corrected chi connectivity index (χ3v) is 5.96. The van der Waals surface area contributed by atoms with Crippen molar-refractivity contribution in [3.8, 4) is 0 Å². The molecule has 0 bridgehead atoms. The van der Waals surface area contributed by atoms with E-state index in [1.165, 1.54) is 17.7 Å². The van der Waals surface area contributed by atoms with Crippen LogP contribution in [0.2, 0.25) is 5.02 Å². The molecule has 1 rings (SSSR count). The van der Waals surface area contributed by atoms with Crippen LogP contribution in [0.4, 0.5) is 0 Å². The van der Waals surface area contributed by atoms with E-state index >= 15 is 0 Å². The SMILES string of the molecule is CCCC[NH+](CCCC)CC(C)(C)NS(=O)(=O)c1ccc(Cl)cc1. The van der Waals surface area contributed by atoms with Crippen molar-refractivity contribution in [1.29, 1.82) is 0 Å². The predicted octanol–water partition coefficient (Wildman–Crippen LogP) is 2.88. The van der Waals surface area contributed by atoms with Crippen molar-refractivity contribution in [1.82, 2.24) is 4.72 Å². The standard InChI is InChI=1S/C18H31ClN2O2S/c1-5-7-13-21(14-8-6-2)15-18(3,4)20-24(22,23)17-11-9-16(19)10-12-17/h9-12,20H,5-8,13-15H2,1-4H3/p+1. The van der Waals surface area contributed by atoms with Gasteiger partial charge in [0.05, 0.1) is 30.1 Å². The molecule has 24 heavy (non-hydrogen) atoms. The quantitative estimate of drug-likeness (QED) is 0.624. The molecule has 2 N–H and O–H groups in total. The molecule has 0 fully saturated rings. The summed E-state index contributed by atoms with van der Waals surface area (Å²) in [5, 5.41) is 0.531. The highest BCUT2D eigenvalue weighted by atomic mass is 35.5. The van der Waals surface area contributed by atoms with Crippen LogP contribution >= 0.6 is 11.6 Å². The molecule has 0 aliphatic heterocycles. The molecule has 0 unspecified atom stereocenters. The Morgan fingerprint density at radius 2 is 1.54 bits per heavy atom. The van der Waals surface area contributed by atoms with E-state index in [9.17, 15) is 8.42 Å². The molecule has 1 aromatic carbocycles. The average Bonchev–Trinajstić information content (AvgIpc) is 2.49. The molecular formula is C18H32ClN2O2S+. The van der Waals surface area contributed by atoms with Gasteiger partial charge in [0.1, 0.15) is 0 Å². The lowest BCUT2D eigenvalue weighted by atomic mass is 10.1. The number of halogens is 1. The summed E-state index contributed by atoms with van der Waals surface area (Å²) in [6, 6.07) is 6.28. The topological polar surface area (TPSA) is 50.6 Å². The van der Waals surface area contributed by atoms with E-state index in [-0.39, 0.29) is 4.90 Å². The van der Waals surface area contributed by atoms with Crippen LogP contribution in [0.25, 0.3) is 0 Å². The lowest BCUT2D eigenvalue weighted by Crippen LogP contribution is -3.14. The van der Waals surface area contributed by atoms with Gasteiger partial charge in [-0.05, 0) is 51.0 Å². The van der Waals surface area contributed by atoms with Crippen molar-refractivity contribution in [3.63, 3.8) is 0 Å². The van der Waals surface area contributed by atoms with Crippen molar-refractivity contribution < 1.29 is 13.3 Å². The minimum Gasteiger partial charge on any atom is -0.333 e. The number of nitrogens with one attached hydrogen (secondary N) is 2. The van der Waals surface area contributed by atoms with Crippen LogP contribution in [0, 0.1) is 0 Å². The van der Waals surface area contributed by atoms with E-state index in [1.807, 2.05) is 13.8 Å². The molecule has 6 heteroatoms. The first-order valence-corrected chi connectivity index (χ1v) is 10.7. The first-order chi connectivity index (χ1) is 11.2. The average molecular weight is 376 g/mol. The first kappa shape index (κ1) is 21.4. The van der Waals surface area contributed by atoms with Crippen LogP contribution in [0.1, 0.15) is 53.4 Å². The maximum atomic E-state index is 12.6. The molecule has 0 aliphatic rings. The monoisotopic (exact) mass is 375 g/mol. The summed E-state index contributed by atoms with van der Waals surface area (Å²) in [7, 11) is -3.54. The summed E-state index contributed by atoms with van der Waals surface area (Å²) in [4.78, 5) is 1.71. The molecule has 0 amide bonds. The Hall–Kier alpha value is -0.620. The second-order valence-electron chi connectivity index (χ2n) is 7.08. The van der Waals surface area contributed by atoms with Crippen molar-refractivity contribution >= 4 is 21.6 Å². The number of rotatable bonds is 11. The van der Waals surface area contributed by atoms with Gasteiger partial charge in [0.25, 0.3) is 0 Å². The lowest BCUT2D eigenvalue weighted by Gasteiger charge is -2.30. The molecule has 0 saturated carbocycles. The van der Waals surface area contributed by atoms with Gasteiger partial charge in [0.2, 0.25) is 10.0 Å². The summed E-state index contributed by atoms with van der Waals surface area (Å²) in [6.45, 7) is 11.2. The normalized spacial score (nSPS) is 12.8. The number of benzene rings is 1. The molecule has 4 nitrogen and oxygen atoms in total. The minimum atomic E-state index is -3.54. The predicted molar refractivity (Wildman–Crippen MR) is 101 cm³/mol. The Kier molecular flexibility index (Phi) is 8.71. The van der Waals surface area contributed by atoms with E-state index in [0.29, 0.717) is 5.02 Å². The number of unbranched alkanes of at least 4 members (excludes halogenated alkanes) is 2. The summed E-state index contributed by atoms with van der Waals surface area (Å²) >= 11 is 5.84. The van der Waals surface area contributed by atoms with Gasteiger partial charge >= 0.3 is 0 Å². The van der Waals surface area contributed by atoms with E-state index in [0.717, 1.165) is 32.5 Å². The second-order valence-corrected chi connectivity index (χ2v) is 9.20. The van der Waals surface area contributed by atoms with Gasteiger partial charge < -0.3 is 4.90 Å². The molecule has 0 saturated heterocycles. The van der Waals surface area contributed by atoms with Gasteiger partial charge in [-0.15, -0.1) is 0 Å². The van der Waals surface area contributed by atoms with E-state index in [4.69, 9.17) is 11.6 Å².